The van der Waals surface area contributed by atoms with Gasteiger partial charge in [-0.2, -0.15) is 5.10 Å². The van der Waals surface area contributed by atoms with E-state index in [1.165, 1.54) is 6.21 Å². The van der Waals surface area contributed by atoms with Crippen LogP contribution in [0.5, 0.6) is 5.75 Å². The zero-order chi connectivity index (χ0) is 13.4. The summed E-state index contributed by atoms with van der Waals surface area (Å²) < 4.78 is 5.53. The maximum Gasteiger partial charge on any atom is 0.211 e. The molecule has 0 aliphatic heterocycles. The lowest BCUT2D eigenvalue weighted by Gasteiger charge is -2.07. The summed E-state index contributed by atoms with van der Waals surface area (Å²) in [5, 5.41) is 7.74. The molecule has 0 aliphatic carbocycles. The van der Waals surface area contributed by atoms with Crippen molar-refractivity contribution in [1.29, 1.82) is 0 Å². The summed E-state index contributed by atoms with van der Waals surface area (Å²) in [5.41, 5.74) is 11.1. The number of unbranched alkanes of at least 4 members (excludes halogenated alkanes) is 1. The molecule has 0 heterocycles. The molecule has 98 valence electrons. The smallest absolute Gasteiger partial charge is 0.211 e. The summed E-state index contributed by atoms with van der Waals surface area (Å²) in [5.74, 6) is 0.584. The average molecular weight is 269 g/mol. The third kappa shape index (κ3) is 5.05. The van der Waals surface area contributed by atoms with E-state index < -0.39 is 0 Å². The molecule has 0 fully saturated rings. The van der Waals surface area contributed by atoms with Gasteiger partial charge in [0.15, 0.2) is 0 Å². The lowest BCUT2D eigenvalue weighted by atomic mass is 10.2. The van der Waals surface area contributed by atoms with Gasteiger partial charge in [0.25, 0.3) is 0 Å². The first-order valence-corrected chi connectivity index (χ1v) is 6.05. The van der Waals surface area contributed by atoms with Crippen LogP contribution in [0.25, 0.3) is 0 Å². The van der Waals surface area contributed by atoms with Gasteiger partial charge in [0.05, 0.1) is 17.8 Å². The monoisotopic (exact) mass is 268 g/mol. The van der Waals surface area contributed by atoms with Crippen molar-refractivity contribution < 1.29 is 4.74 Å². The summed E-state index contributed by atoms with van der Waals surface area (Å²) in [7, 11) is 0. The number of guanidine groups is 1. The first-order chi connectivity index (χ1) is 8.63. The first kappa shape index (κ1) is 14.3. The largest absolute Gasteiger partial charge is 0.492 e. The molecule has 0 aliphatic rings. The fraction of sp³-hybridized carbons (Fsp3) is 0.333. The summed E-state index contributed by atoms with van der Waals surface area (Å²) in [6, 6.07) is 5.38. The van der Waals surface area contributed by atoms with Crippen LogP contribution in [-0.4, -0.2) is 18.8 Å². The summed E-state index contributed by atoms with van der Waals surface area (Å²) in [4.78, 5) is 0. The van der Waals surface area contributed by atoms with Gasteiger partial charge < -0.3 is 16.2 Å². The number of rotatable bonds is 6. The Hall–Kier alpha value is -1.75. The zero-order valence-corrected chi connectivity index (χ0v) is 11.0. The Morgan fingerprint density at radius 1 is 1.44 bits per heavy atom. The molecule has 0 radical (unpaired) electrons. The van der Waals surface area contributed by atoms with Gasteiger partial charge in [-0.25, -0.2) is 0 Å². The molecule has 0 saturated carbocycles. The number of nitrogens with two attached hydrogens (primary N) is 2. The van der Waals surface area contributed by atoms with E-state index in [-0.39, 0.29) is 5.96 Å². The molecule has 1 aromatic carbocycles. The predicted octanol–water partition coefficient (Wildman–Crippen LogP) is 2.13. The van der Waals surface area contributed by atoms with Crippen LogP contribution in [0.1, 0.15) is 25.3 Å². The van der Waals surface area contributed by atoms with Crippen LogP contribution in [0, 0.1) is 0 Å². The molecule has 18 heavy (non-hydrogen) atoms. The Balaban J connectivity index is 2.67. The van der Waals surface area contributed by atoms with E-state index in [1.54, 1.807) is 12.1 Å². The van der Waals surface area contributed by atoms with E-state index in [9.17, 15) is 0 Å². The normalized spacial score (nSPS) is 10.6. The third-order valence-electron chi connectivity index (χ3n) is 2.09. The topological polar surface area (TPSA) is 86.0 Å². The van der Waals surface area contributed by atoms with Crippen LogP contribution in [0.2, 0.25) is 5.02 Å². The minimum Gasteiger partial charge on any atom is -0.492 e. The molecule has 4 N–H and O–H groups in total. The summed E-state index contributed by atoms with van der Waals surface area (Å²) >= 11 is 6.08. The van der Waals surface area contributed by atoms with Crippen molar-refractivity contribution in [3.05, 3.63) is 28.8 Å². The maximum absolute atomic E-state index is 6.08. The molecule has 0 unspecified atom stereocenters. The Kier molecular flexibility index (Phi) is 6.00. The van der Waals surface area contributed by atoms with E-state index in [0.717, 1.165) is 18.4 Å². The van der Waals surface area contributed by atoms with E-state index >= 15 is 0 Å². The fourth-order valence-corrected chi connectivity index (χ4v) is 1.45. The molecule has 0 spiro atoms. The van der Waals surface area contributed by atoms with Gasteiger partial charge in [-0.05, 0) is 30.2 Å². The maximum atomic E-state index is 6.08. The molecule has 0 atom stereocenters. The predicted molar refractivity (Wildman–Crippen MR) is 75.3 cm³/mol. The van der Waals surface area contributed by atoms with E-state index in [1.807, 2.05) is 6.07 Å². The zero-order valence-electron chi connectivity index (χ0n) is 10.3. The van der Waals surface area contributed by atoms with Crippen molar-refractivity contribution in [3.8, 4) is 5.75 Å². The lowest BCUT2D eigenvalue weighted by molar-refractivity contribution is 0.309. The van der Waals surface area contributed by atoms with Gasteiger partial charge in [-0.1, -0.05) is 24.9 Å². The lowest BCUT2D eigenvalue weighted by Crippen LogP contribution is -2.21. The molecule has 0 saturated heterocycles. The van der Waals surface area contributed by atoms with Crippen molar-refractivity contribution in [2.24, 2.45) is 21.7 Å². The standard InChI is InChI=1S/C12H17ClN4O/c1-2-3-6-18-11-5-4-9(7-10(11)13)8-16-17-12(14)15/h4-5,7-8H,2-3,6H2,1H3,(H4,14,15,17). The molecule has 1 rings (SSSR count). The third-order valence-corrected chi connectivity index (χ3v) is 2.39. The van der Waals surface area contributed by atoms with Crippen LogP contribution in [0.4, 0.5) is 0 Å². The van der Waals surface area contributed by atoms with Crippen molar-refractivity contribution in [2.45, 2.75) is 19.8 Å². The van der Waals surface area contributed by atoms with Gasteiger partial charge in [0.1, 0.15) is 5.75 Å². The molecule has 0 aromatic heterocycles. The van der Waals surface area contributed by atoms with Crippen LogP contribution < -0.4 is 16.2 Å². The molecule has 5 nitrogen and oxygen atoms in total. The number of benzene rings is 1. The first-order valence-electron chi connectivity index (χ1n) is 5.67. The fourth-order valence-electron chi connectivity index (χ4n) is 1.20. The highest BCUT2D eigenvalue weighted by Gasteiger charge is 2.01. The molecular weight excluding hydrogens is 252 g/mol. The highest BCUT2D eigenvalue weighted by Crippen LogP contribution is 2.25. The van der Waals surface area contributed by atoms with Gasteiger partial charge >= 0.3 is 0 Å². The Labute approximate surface area is 111 Å². The molecule has 0 amide bonds. The second-order valence-electron chi connectivity index (χ2n) is 3.66. The number of hydrogen-bond donors (Lipinski definition) is 2. The van der Waals surface area contributed by atoms with Gasteiger partial charge in [-0.3, -0.25) is 0 Å². The highest BCUT2D eigenvalue weighted by atomic mass is 35.5. The summed E-state index contributed by atoms with van der Waals surface area (Å²) in [6.45, 7) is 2.77. The van der Waals surface area contributed by atoms with Gasteiger partial charge in [0, 0.05) is 0 Å². The minimum atomic E-state index is -0.0862. The van der Waals surface area contributed by atoms with Crippen LogP contribution >= 0.6 is 11.6 Å². The average Bonchev–Trinajstić information content (AvgIpc) is 2.31. The Morgan fingerprint density at radius 2 is 2.22 bits per heavy atom. The number of nitrogens with zero attached hydrogens (tertiary/aromatic N) is 2. The quantitative estimate of drug-likeness (QED) is 0.359. The van der Waals surface area contributed by atoms with Crippen LogP contribution in [-0.2, 0) is 0 Å². The molecule has 1 aromatic rings. The SMILES string of the molecule is CCCCOc1ccc(C=NN=C(N)N)cc1Cl. The Morgan fingerprint density at radius 3 is 2.83 bits per heavy atom. The molecular formula is C12H17ClN4O. The molecule has 0 bridgehead atoms. The molecule has 6 heteroatoms. The minimum absolute atomic E-state index is 0.0862. The number of ether oxygens (including phenoxy) is 1. The van der Waals surface area contributed by atoms with Crippen molar-refractivity contribution in [2.75, 3.05) is 6.61 Å². The van der Waals surface area contributed by atoms with Crippen LogP contribution in [0.15, 0.2) is 28.4 Å². The highest BCUT2D eigenvalue weighted by molar-refractivity contribution is 6.32. The summed E-state index contributed by atoms with van der Waals surface area (Å²) in [6.07, 6.45) is 3.60. The van der Waals surface area contributed by atoms with Crippen LogP contribution in [0.3, 0.4) is 0 Å². The number of hydrogen-bond acceptors (Lipinski definition) is 3. The van der Waals surface area contributed by atoms with Crippen molar-refractivity contribution in [1.82, 2.24) is 0 Å². The van der Waals surface area contributed by atoms with Gasteiger partial charge in [0.2, 0.25) is 5.96 Å². The van der Waals surface area contributed by atoms with E-state index in [4.69, 9.17) is 27.8 Å². The van der Waals surface area contributed by atoms with Crippen molar-refractivity contribution >= 4 is 23.8 Å². The van der Waals surface area contributed by atoms with E-state index in [2.05, 4.69) is 17.1 Å². The second-order valence-corrected chi connectivity index (χ2v) is 4.07. The van der Waals surface area contributed by atoms with E-state index in [0.29, 0.717) is 17.4 Å². The Bertz CT molecular complexity index is 442. The van der Waals surface area contributed by atoms with Gasteiger partial charge in [-0.15, -0.1) is 5.10 Å². The van der Waals surface area contributed by atoms with Crippen molar-refractivity contribution in [3.63, 3.8) is 0 Å². The second kappa shape index (κ2) is 7.55. The number of halogens is 1.